The Morgan fingerprint density at radius 3 is 2.55 bits per heavy atom. The predicted molar refractivity (Wildman–Crippen MR) is 74.9 cm³/mol. The number of carbonyl (C=O) groups excluding carboxylic acids is 1. The Balaban J connectivity index is 2.58. The fraction of sp³-hybridized carbons (Fsp3) is 0.0714. The summed E-state index contributed by atoms with van der Waals surface area (Å²) in [6.45, 7) is 0. The molecule has 2 N–H and O–H groups in total. The number of ketones is 1. The topological polar surface area (TPSA) is 52.3 Å². The number of hydrogen-bond donors (Lipinski definition) is 1. The lowest BCUT2D eigenvalue weighted by Gasteiger charge is -2.10. The van der Waals surface area contributed by atoms with Crippen molar-refractivity contribution in [2.75, 3.05) is 12.8 Å². The van der Waals surface area contributed by atoms with Crippen molar-refractivity contribution >= 4 is 27.4 Å². The number of rotatable bonds is 3. The molecule has 2 rings (SSSR count). The molecule has 2 aromatic carbocycles. The fourth-order valence-corrected chi connectivity index (χ4v) is 2.09. The van der Waals surface area contributed by atoms with Crippen molar-refractivity contribution in [1.29, 1.82) is 0 Å². The molecule has 20 heavy (non-hydrogen) atoms. The number of nitrogens with two attached hydrogens (primary N) is 1. The Morgan fingerprint density at radius 1 is 1.20 bits per heavy atom. The zero-order chi connectivity index (χ0) is 14.9. The molecular weight excluding hydrogens is 332 g/mol. The van der Waals surface area contributed by atoms with Gasteiger partial charge in [0.2, 0.25) is 0 Å². The summed E-state index contributed by atoms with van der Waals surface area (Å²) in [6, 6.07) is 5.85. The molecule has 0 fully saturated rings. The normalized spacial score (nSPS) is 10.4. The van der Waals surface area contributed by atoms with Crippen LogP contribution in [0.3, 0.4) is 0 Å². The van der Waals surface area contributed by atoms with E-state index in [0.29, 0.717) is 0 Å². The molecule has 0 bridgehead atoms. The third-order valence-electron chi connectivity index (χ3n) is 2.75. The number of benzene rings is 2. The second-order valence-corrected chi connectivity index (χ2v) is 4.88. The number of carbonyl (C=O) groups is 1. The summed E-state index contributed by atoms with van der Waals surface area (Å²) < 4.78 is 31.8. The van der Waals surface area contributed by atoms with Crippen molar-refractivity contribution in [3.8, 4) is 5.75 Å². The molecule has 0 aromatic heterocycles. The average Bonchev–Trinajstić information content (AvgIpc) is 2.43. The molecule has 0 spiro atoms. The number of halogens is 3. The van der Waals surface area contributed by atoms with E-state index in [0.717, 1.165) is 18.2 Å². The quantitative estimate of drug-likeness (QED) is 0.686. The molecule has 0 heterocycles. The molecule has 0 saturated heterocycles. The van der Waals surface area contributed by atoms with Gasteiger partial charge in [0.1, 0.15) is 17.4 Å². The molecule has 0 aliphatic heterocycles. The van der Waals surface area contributed by atoms with Crippen LogP contribution in [-0.4, -0.2) is 12.9 Å². The van der Waals surface area contributed by atoms with E-state index in [-0.39, 0.29) is 27.0 Å². The number of nitrogen functional groups attached to an aromatic ring is 1. The summed E-state index contributed by atoms with van der Waals surface area (Å²) in [5, 5.41) is 0. The molecule has 0 radical (unpaired) electrons. The van der Waals surface area contributed by atoms with Gasteiger partial charge in [-0.25, -0.2) is 8.78 Å². The number of methoxy groups -OCH3 is 1. The van der Waals surface area contributed by atoms with Gasteiger partial charge in [0.25, 0.3) is 0 Å². The molecular formula is C14H10BrF2NO2. The SMILES string of the molecule is COc1cc(F)c(Br)cc1C(=O)c1cc(F)ccc1N. The summed E-state index contributed by atoms with van der Waals surface area (Å²) in [5.41, 5.74) is 5.91. The van der Waals surface area contributed by atoms with Crippen LogP contribution in [0, 0.1) is 11.6 Å². The van der Waals surface area contributed by atoms with Gasteiger partial charge in [-0.3, -0.25) is 4.79 Å². The lowest BCUT2D eigenvalue weighted by molar-refractivity contribution is 0.103. The van der Waals surface area contributed by atoms with E-state index in [1.54, 1.807) is 0 Å². The maximum absolute atomic E-state index is 13.4. The van der Waals surface area contributed by atoms with Crippen LogP contribution in [0.15, 0.2) is 34.8 Å². The predicted octanol–water partition coefficient (Wildman–Crippen LogP) is 3.55. The minimum Gasteiger partial charge on any atom is -0.496 e. The monoisotopic (exact) mass is 341 g/mol. The first-order chi connectivity index (χ1) is 9.43. The highest BCUT2D eigenvalue weighted by Gasteiger charge is 2.19. The van der Waals surface area contributed by atoms with E-state index in [1.807, 2.05) is 0 Å². The molecule has 0 unspecified atom stereocenters. The molecule has 104 valence electrons. The van der Waals surface area contributed by atoms with E-state index in [9.17, 15) is 13.6 Å². The highest BCUT2D eigenvalue weighted by atomic mass is 79.9. The summed E-state index contributed by atoms with van der Waals surface area (Å²) >= 11 is 3.00. The standard InChI is InChI=1S/C14H10BrF2NO2/c1-20-13-6-11(17)10(15)5-9(13)14(19)8-4-7(16)2-3-12(8)18/h2-6H,18H2,1H3. The van der Waals surface area contributed by atoms with Crippen molar-refractivity contribution in [3.63, 3.8) is 0 Å². The lowest BCUT2D eigenvalue weighted by Crippen LogP contribution is -2.08. The molecule has 3 nitrogen and oxygen atoms in total. The zero-order valence-electron chi connectivity index (χ0n) is 10.4. The van der Waals surface area contributed by atoms with Crippen LogP contribution in [0.4, 0.5) is 14.5 Å². The van der Waals surface area contributed by atoms with Crippen molar-refractivity contribution in [2.24, 2.45) is 0 Å². The summed E-state index contributed by atoms with van der Waals surface area (Å²) in [7, 11) is 1.31. The van der Waals surface area contributed by atoms with Crippen LogP contribution in [0.1, 0.15) is 15.9 Å². The first-order valence-corrected chi connectivity index (χ1v) is 6.36. The van der Waals surface area contributed by atoms with Gasteiger partial charge in [0, 0.05) is 17.3 Å². The Kier molecular flexibility index (Phi) is 4.04. The number of ether oxygens (including phenoxy) is 1. The molecule has 0 atom stereocenters. The van der Waals surface area contributed by atoms with Crippen LogP contribution >= 0.6 is 15.9 Å². The van der Waals surface area contributed by atoms with Crippen LogP contribution in [0.25, 0.3) is 0 Å². The van der Waals surface area contributed by atoms with Gasteiger partial charge in [0.15, 0.2) is 5.78 Å². The first-order valence-electron chi connectivity index (χ1n) is 5.56. The fourth-order valence-electron chi connectivity index (χ4n) is 1.75. The Bertz CT molecular complexity index is 689. The van der Waals surface area contributed by atoms with Gasteiger partial charge < -0.3 is 10.5 Å². The summed E-state index contributed by atoms with van der Waals surface area (Å²) in [5.74, 6) is -1.63. The highest BCUT2D eigenvalue weighted by molar-refractivity contribution is 9.10. The maximum Gasteiger partial charge on any atom is 0.198 e. The lowest BCUT2D eigenvalue weighted by atomic mass is 10.0. The van der Waals surface area contributed by atoms with Crippen molar-refractivity contribution in [1.82, 2.24) is 0 Å². The van der Waals surface area contributed by atoms with E-state index in [1.165, 1.54) is 19.2 Å². The second-order valence-electron chi connectivity index (χ2n) is 4.03. The molecule has 0 aliphatic carbocycles. The van der Waals surface area contributed by atoms with Gasteiger partial charge in [-0.15, -0.1) is 0 Å². The van der Waals surface area contributed by atoms with E-state index >= 15 is 0 Å². The maximum atomic E-state index is 13.4. The molecule has 0 amide bonds. The zero-order valence-corrected chi connectivity index (χ0v) is 12.0. The Morgan fingerprint density at radius 2 is 1.90 bits per heavy atom. The smallest absolute Gasteiger partial charge is 0.198 e. The average molecular weight is 342 g/mol. The van der Waals surface area contributed by atoms with Gasteiger partial charge in [-0.05, 0) is 40.2 Å². The van der Waals surface area contributed by atoms with Gasteiger partial charge in [-0.1, -0.05) is 0 Å². The van der Waals surface area contributed by atoms with Crippen molar-refractivity contribution < 1.29 is 18.3 Å². The number of anilines is 1. The van der Waals surface area contributed by atoms with Gasteiger partial charge in [-0.2, -0.15) is 0 Å². The van der Waals surface area contributed by atoms with Crippen LogP contribution in [0.5, 0.6) is 5.75 Å². The van der Waals surface area contributed by atoms with Gasteiger partial charge in [0.05, 0.1) is 17.1 Å². The summed E-state index contributed by atoms with van der Waals surface area (Å²) in [6.07, 6.45) is 0. The van der Waals surface area contributed by atoms with E-state index < -0.39 is 17.4 Å². The van der Waals surface area contributed by atoms with Crippen molar-refractivity contribution in [3.05, 3.63) is 57.6 Å². The number of hydrogen-bond acceptors (Lipinski definition) is 3. The van der Waals surface area contributed by atoms with Crippen LogP contribution < -0.4 is 10.5 Å². The summed E-state index contributed by atoms with van der Waals surface area (Å²) in [4.78, 5) is 12.4. The van der Waals surface area contributed by atoms with E-state index in [2.05, 4.69) is 15.9 Å². The molecule has 0 saturated carbocycles. The highest BCUT2D eigenvalue weighted by Crippen LogP contribution is 2.29. The van der Waals surface area contributed by atoms with Crippen LogP contribution in [-0.2, 0) is 0 Å². The Labute approximate surface area is 122 Å². The first kappa shape index (κ1) is 14.5. The largest absolute Gasteiger partial charge is 0.496 e. The minimum atomic E-state index is -0.581. The third kappa shape index (κ3) is 2.65. The molecule has 0 aliphatic rings. The second kappa shape index (κ2) is 5.58. The van der Waals surface area contributed by atoms with Gasteiger partial charge >= 0.3 is 0 Å². The van der Waals surface area contributed by atoms with E-state index in [4.69, 9.17) is 10.5 Å². The third-order valence-corrected chi connectivity index (χ3v) is 3.35. The molecule has 6 heteroatoms. The Hall–Kier alpha value is -1.95. The van der Waals surface area contributed by atoms with Crippen molar-refractivity contribution in [2.45, 2.75) is 0 Å². The minimum absolute atomic E-state index is 0.00167. The molecule has 2 aromatic rings. The van der Waals surface area contributed by atoms with Crippen LogP contribution in [0.2, 0.25) is 0 Å².